The quantitative estimate of drug-likeness (QED) is 0.843. The minimum atomic E-state index is -1.59. The highest BCUT2D eigenvalue weighted by Crippen LogP contribution is 2.33. The normalized spacial score (nSPS) is 19.8. The summed E-state index contributed by atoms with van der Waals surface area (Å²) in [4.78, 5) is 24.5. The molecule has 1 atom stereocenters. The number of carbonyl (C=O) groups is 2. The average molecular weight is 300 g/mol. The fraction of sp³-hybridized carbons (Fsp3) is 0.250. The fourth-order valence-electron chi connectivity index (χ4n) is 2.24. The number of carbonyl (C=O) groups excluding carboxylic acids is 2. The van der Waals surface area contributed by atoms with Crippen molar-refractivity contribution in [2.75, 3.05) is 11.9 Å². The molecule has 0 aliphatic carbocycles. The molecule has 0 saturated heterocycles. The van der Waals surface area contributed by atoms with E-state index in [4.69, 9.17) is 9.15 Å². The highest BCUT2D eigenvalue weighted by Gasteiger charge is 2.46. The summed E-state index contributed by atoms with van der Waals surface area (Å²) in [5.74, 6) is 0.281. The number of furan rings is 1. The highest BCUT2D eigenvalue weighted by molar-refractivity contribution is 6.15. The van der Waals surface area contributed by atoms with E-state index in [-0.39, 0.29) is 0 Å². The number of hydrogen-bond acceptors (Lipinski definition) is 4. The maximum Gasteiger partial charge on any atom is 0.278 e. The van der Waals surface area contributed by atoms with Crippen LogP contribution >= 0.6 is 0 Å². The zero-order chi connectivity index (χ0) is 15.6. The summed E-state index contributed by atoms with van der Waals surface area (Å²) in [7, 11) is 0. The van der Waals surface area contributed by atoms with E-state index in [0.717, 1.165) is 5.76 Å². The van der Waals surface area contributed by atoms with Crippen molar-refractivity contribution < 1.29 is 18.7 Å². The molecule has 0 bridgehead atoms. The zero-order valence-electron chi connectivity index (χ0n) is 12.1. The molecule has 1 aromatic carbocycles. The van der Waals surface area contributed by atoms with Crippen LogP contribution in [0.3, 0.4) is 0 Å². The van der Waals surface area contributed by atoms with E-state index in [1.165, 1.54) is 6.92 Å². The van der Waals surface area contributed by atoms with Crippen LogP contribution in [0, 0.1) is 0 Å². The molecular formula is C16H16N2O4. The Morgan fingerprint density at radius 3 is 2.86 bits per heavy atom. The molecule has 0 saturated carbocycles. The van der Waals surface area contributed by atoms with Crippen molar-refractivity contribution in [3.63, 3.8) is 0 Å². The van der Waals surface area contributed by atoms with E-state index in [1.54, 1.807) is 36.6 Å². The van der Waals surface area contributed by atoms with E-state index in [1.807, 2.05) is 6.07 Å². The molecule has 2 N–H and O–H groups in total. The Bertz CT molecular complexity index is 696. The lowest BCUT2D eigenvalue weighted by molar-refractivity contribution is -0.146. The van der Waals surface area contributed by atoms with Crippen LogP contribution in [0.2, 0.25) is 0 Å². The smallest absolute Gasteiger partial charge is 0.278 e. The second kappa shape index (κ2) is 5.55. The number of para-hydroxylation sites is 2. The van der Waals surface area contributed by atoms with E-state index in [2.05, 4.69) is 10.6 Å². The molecule has 0 radical (unpaired) electrons. The largest absolute Gasteiger partial charge is 0.469 e. The summed E-state index contributed by atoms with van der Waals surface area (Å²) in [6.07, 6.45) is 2.13. The molecule has 2 aromatic rings. The summed E-state index contributed by atoms with van der Waals surface area (Å²) in [6, 6.07) is 10.6. The molecule has 3 rings (SSSR count). The van der Waals surface area contributed by atoms with Gasteiger partial charge in [-0.15, -0.1) is 0 Å². The Balaban J connectivity index is 1.67. The number of hydrogen-bond donors (Lipinski definition) is 2. The molecule has 22 heavy (non-hydrogen) atoms. The van der Waals surface area contributed by atoms with Gasteiger partial charge in [-0.05, 0) is 31.2 Å². The van der Waals surface area contributed by atoms with Crippen molar-refractivity contribution in [1.82, 2.24) is 5.32 Å². The first-order chi connectivity index (χ1) is 10.6. The third kappa shape index (κ3) is 2.55. The standard InChI is InChI=1S/C16H16N2O4/c1-16(14(19)17-9-8-11-5-4-10-21-11)15(20)18-12-6-2-3-7-13(12)22-16/h2-7,10H,8-9H2,1H3,(H,17,19)(H,18,20)/t16-/m1/s1. The second-order valence-corrected chi connectivity index (χ2v) is 5.17. The van der Waals surface area contributed by atoms with Crippen LogP contribution < -0.4 is 15.4 Å². The van der Waals surface area contributed by atoms with Crippen molar-refractivity contribution in [3.8, 4) is 5.75 Å². The Kier molecular flexibility index (Phi) is 3.58. The van der Waals surface area contributed by atoms with Crippen LogP contribution in [0.25, 0.3) is 0 Å². The predicted molar refractivity (Wildman–Crippen MR) is 79.5 cm³/mol. The molecule has 0 spiro atoms. The van der Waals surface area contributed by atoms with Gasteiger partial charge in [0.15, 0.2) is 0 Å². The third-order valence-electron chi connectivity index (χ3n) is 3.55. The number of anilines is 1. The average Bonchev–Trinajstić information content (AvgIpc) is 3.01. The molecule has 1 aromatic heterocycles. The Hall–Kier alpha value is -2.76. The van der Waals surface area contributed by atoms with Crippen molar-refractivity contribution in [1.29, 1.82) is 0 Å². The number of amides is 2. The topological polar surface area (TPSA) is 80.6 Å². The summed E-state index contributed by atoms with van der Waals surface area (Å²) in [6.45, 7) is 1.82. The molecule has 0 unspecified atom stereocenters. The minimum Gasteiger partial charge on any atom is -0.469 e. The van der Waals surface area contributed by atoms with Gasteiger partial charge >= 0.3 is 0 Å². The Morgan fingerprint density at radius 2 is 2.09 bits per heavy atom. The van der Waals surface area contributed by atoms with E-state index >= 15 is 0 Å². The molecule has 0 fully saturated rings. The summed E-state index contributed by atoms with van der Waals surface area (Å²) >= 11 is 0. The second-order valence-electron chi connectivity index (χ2n) is 5.17. The first-order valence-corrected chi connectivity index (χ1v) is 7.00. The Labute approximate surface area is 127 Å². The molecule has 6 nitrogen and oxygen atoms in total. The van der Waals surface area contributed by atoms with Gasteiger partial charge in [-0.3, -0.25) is 9.59 Å². The first-order valence-electron chi connectivity index (χ1n) is 7.00. The summed E-state index contributed by atoms with van der Waals surface area (Å²) in [5, 5.41) is 5.40. The van der Waals surface area contributed by atoms with Gasteiger partial charge in [0.1, 0.15) is 11.5 Å². The monoisotopic (exact) mass is 300 g/mol. The fourth-order valence-corrected chi connectivity index (χ4v) is 2.24. The summed E-state index contributed by atoms with van der Waals surface area (Å²) < 4.78 is 10.8. The minimum absolute atomic E-state index is 0.361. The van der Waals surface area contributed by atoms with Crippen LogP contribution in [0.1, 0.15) is 12.7 Å². The Morgan fingerprint density at radius 1 is 1.27 bits per heavy atom. The molecule has 2 amide bonds. The number of ether oxygens (including phenoxy) is 1. The van der Waals surface area contributed by atoms with Gasteiger partial charge in [-0.1, -0.05) is 12.1 Å². The molecule has 6 heteroatoms. The van der Waals surface area contributed by atoms with Gasteiger partial charge in [-0.2, -0.15) is 0 Å². The van der Waals surface area contributed by atoms with E-state index in [0.29, 0.717) is 24.4 Å². The number of fused-ring (bicyclic) bond motifs is 1. The van der Waals surface area contributed by atoms with Crippen molar-refractivity contribution in [2.24, 2.45) is 0 Å². The van der Waals surface area contributed by atoms with Gasteiger partial charge in [0.2, 0.25) is 0 Å². The highest BCUT2D eigenvalue weighted by atomic mass is 16.5. The summed E-state index contributed by atoms with van der Waals surface area (Å²) in [5.41, 5.74) is -1.02. The van der Waals surface area contributed by atoms with Crippen LogP contribution in [-0.4, -0.2) is 24.0 Å². The van der Waals surface area contributed by atoms with Crippen LogP contribution in [0.15, 0.2) is 47.1 Å². The van der Waals surface area contributed by atoms with Crippen LogP contribution in [0.5, 0.6) is 5.75 Å². The molecule has 1 aliphatic rings. The lowest BCUT2D eigenvalue weighted by atomic mass is 10.0. The lowest BCUT2D eigenvalue weighted by Crippen LogP contribution is -2.58. The number of nitrogens with one attached hydrogen (secondary N) is 2. The zero-order valence-corrected chi connectivity index (χ0v) is 12.1. The van der Waals surface area contributed by atoms with Crippen molar-refractivity contribution >= 4 is 17.5 Å². The van der Waals surface area contributed by atoms with Gasteiger partial charge in [0.05, 0.1) is 12.0 Å². The SMILES string of the molecule is C[C@]1(C(=O)NCCc2ccco2)Oc2ccccc2NC1=O. The molecule has 2 heterocycles. The van der Waals surface area contributed by atoms with E-state index in [9.17, 15) is 9.59 Å². The van der Waals surface area contributed by atoms with Crippen LogP contribution in [0.4, 0.5) is 5.69 Å². The van der Waals surface area contributed by atoms with Gasteiger partial charge in [0, 0.05) is 13.0 Å². The lowest BCUT2D eigenvalue weighted by Gasteiger charge is -2.33. The van der Waals surface area contributed by atoms with E-state index < -0.39 is 17.4 Å². The molecule has 114 valence electrons. The van der Waals surface area contributed by atoms with Crippen molar-refractivity contribution in [2.45, 2.75) is 18.9 Å². The number of benzene rings is 1. The van der Waals surface area contributed by atoms with Crippen molar-refractivity contribution in [3.05, 3.63) is 48.4 Å². The van der Waals surface area contributed by atoms with Gasteiger partial charge in [0.25, 0.3) is 17.4 Å². The molecule has 1 aliphatic heterocycles. The van der Waals surface area contributed by atoms with Gasteiger partial charge < -0.3 is 19.8 Å². The van der Waals surface area contributed by atoms with Gasteiger partial charge in [-0.25, -0.2) is 0 Å². The first kappa shape index (κ1) is 14.2. The molecular weight excluding hydrogens is 284 g/mol. The predicted octanol–water partition coefficient (Wildman–Crippen LogP) is 1.73. The number of rotatable bonds is 4. The maximum atomic E-state index is 12.3. The third-order valence-corrected chi connectivity index (χ3v) is 3.55. The van der Waals surface area contributed by atoms with Crippen LogP contribution in [-0.2, 0) is 16.0 Å². The maximum absolute atomic E-state index is 12.3.